The van der Waals surface area contributed by atoms with Crippen LogP contribution < -0.4 is 5.32 Å². The van der Waals surface area contributed by atoms with Gasteiger partial charge in [0.2, 0.25) is 0 Å². The lowest BCUT2D eigenvalue weighted by molar-refractivity contribution is 0.102. The Balaban J connectivity index is 2.69. The van der Waals surface area contributed by atoms with E-state index < -0.39 is 0 Å². The molecule has 0 spiro atoms. The van der Waals surface area contributed by atoms with Gasteiger partial charge < -0.3 is 5.32 Å². The van der Waals surface area contributed by atoms with Crippen LogP contribution in [0.4, 0.5) is 0 Å². The van der Waals surface area contributed by atoms with Crippen molar-refractivity contribution in [1.82, 2.24) is 10.2 Å². The standard InChI is InChI=1S/C16H34N2/c1-6-17-15-11-9-7-8-10-12-16(15)18(5)14(4)13(2)3/h13-17H,6-12H2,1-5H3. The Kier molecular flexibility index (Phi) is 7.25. The summed E-state index contributed by atoms with van der Waals surface area (Å²) in [4.78, 5) is 2.64. The van der Waals surface area contributed by atoms with E-state index in [9.17, 15) is 0 Å². The zero-order chi connectivity index (χ0) is 13.5. The second-order valence-corrected chi connectivity index (χ2v) is 6.37. The van der Waals surface area contributed by atoms with Crippen molar-refractivity contribution in [2.75, 3.05) is 13.6 Å². The van der Waals surface area contributed by atoms with Crippen LogP contribution in [0.3, 0.4) is 0 Å². The number of nitrogens with one attached hydrogen (secondary N) is 1. The van der Waals surface area contributed by atoms with Gasteiger partial charge >= 0.3 is 0 Å². The highest BCUT2D eigenvalue weighted by atomic mass is 15.2. The highest BCUT2D eigenvalue weighted by Crippen LogP contribution is 2.24. The molecule has 18 heavy (non-hydrogen) atoms. The smallest absolute Gasteiger partial charge is 0.0249 e. The zero-order valence-electron chi connectivity index (χ0n) is 13.2. The molecule has 1 aliphatic rings. The third-order valence-electron chi connectivity index (χ3n) is 4.83. The monoisotopic (exact) mass is 254 g/mol. The lowest BCUT2D eigenvalue weighted by Crippen LogP contribution is -2.52. The first-order valence-corrected chi connectivity index (χ1v) is 8.03. The number of likely N-dealkylation sites (N-methyl/N-ethyl adjacent to an activating group) is 2. The molecule has 2 heteroatoms. The number of nitrogens with zero attached hydrogens (tertiary/aromatic N) is 1. The van der Waals surface area contributed by atoms with Gasteiger partial charge in [-0.25, -0.2) is 0 Å². The van der Waals surface area contributed by atoms with Crippen molar-refractivity contribution in [3.63, 3.8) is 0 Å². The first-order valence-electron chi connectivity index (χ1n) is 8.03. The summed E-state index contributed by atoms with van der Waals surface area (Å²) in [5, 5.41) is 3.74. The molecular formula is C16H34N2. The molecular weight excluding hydrogens is 220 g/mol. The second kappa shape index (κ2) is 8.16. The largest absolute Gasteiger partial charge is 0.313 e. The van der Waals surface area contributed by atoms with Gasteiger partial charge in [0.1, 0.15) is 0 Å². The van der Waals surface area contributed by atoms with E-state index in [1.54, 1.807) is 0 Å². The quantitative estimate of drug-likeness (QED) is 0.805. The fourth-order valence-corrected chi connectivity index (χ4v) is 3.22. The van der Waals surface area contributed by atoms with Crippen LogP contribution in [0.25, 0.3) is 0 Å². The molecule has 0 aromatic rings. The SMILES string of the molecule is CCNC1CCCCCCC1N(C)C(C)C(C)C. The van der Waals surface area contributed by atoms with E-state index in [4.69, 9.17) is 0 Å². The van der Waals surface area contributed by atoms with Gasteiger partial charge in [0, 0.05) is 18.1 Å². The molecule has 0 bridgehead atoms. The van der Waals surface area contributed by atoms with Crippen LogP contribution in [0.5, 0.6) is 0 Å². The molecule has 0 heterocycles. The number of hydrogen-bond acceptors (Lipinski definition) is 2. The predicted octanol–water partition coefficient (Wildman–Crippen LogP) is 3.66. The Morgan fingerprint density at radius 3 is 2.22 bits per heavy atom. The summed E-state index contributed by atoms with van der Waals surface area (Å²) in [6.45, 7) is 10.4. The van der Waals surface area contributed by atoms with E-state index in [0.717, 1.165) is 18.5 Å². The maximum atomic E-state index is 3.74. The molecule has 1 rings (SSSR count). The Morgan fingerprint density at radius 2 is 1.67 bits per heavy atom. The molecule has 0 radical (unpaired) electrons. The molecule has 0 aromatic heterocycles. The fraction of sp³-hybridized carbons (Fsp3) is 1.00. The van der Waals surface area contributed by atoms with Crippen LogP contribution in [0.2, 0.25) is 0 Å². The summed E-state index contributed by atoms with van der Waals surface area (Å²) in [7, 11) is 2.33. The molecule has 1 fully saturated rings. The van der Waals surface area contributed by atoms with Crippen LogP contribution >= 0.6 is 0 Å². The van der Waals surface area contributed by atoms with Gasteiger partial charge in [-0.15, -0.1) is 0 Å². The van der Waals surface area contributed by atoms with Crippen molar-refractivity contribution in [2.45, 2.75) is 84.3 Å². The molecule has 1 N–H and O–H groups in total. The Bertz CT molecular complexity index is 213. The van der Waals surface area contributed by atoms with Crippen molar-refractivity contribution >= 4 is 0 Å². The lowest BCUT2D eigenvalue weighted by atomic mass is 9.89. The van der Waals surface area contributed by atoms with E-state index >= 15 is 0 Å². The summed E-state index contributed by atoms with van der Waals surface area (Å²) < 4.78 is 0. The lowest BCUT2D eigenvalue weighted by Gasteiger charge is -2.41. The Hall–Kier alpha value is -0.0800. The van der Waals surface area contributed by atoms with Gasteiger partial charge in [-0.3, -0.25) is 4.90 Å². The van der Waals surface area contributed by atoms with Crippen molar-refractivity contribution < 1.29 is 0 Å². The fourth-order valence-electron chi connectivity index (χ4n) is 3.22. The molecule has 0 aromatic carbocycles. The summed E-state index contributed by atoms with van der Waals surface area (Å²) in [5.74, 6) is 0.739. The molecule has 0 amide bonds. The minimum atomic E-state index is 0.676. The van der Waals surface area contributed by atoms with Gasteiger partial charge in [0.05, 0.1) is 0 Å². The summed E-state index contributed by atoms with van der Waals surface area (Å²) >= 11 is 0. The molecule has 0 saturated heterocycles. The van der Waals surface area contributed by atoms with Gasteiger partial charge in [0.25, 0.3) is 0 Å². The van der Waals surface area contributed by atoms with Gasteiger partial charge in [-0.05, 0) is 39.3 Å². The van der Waals surface area contributed by atoms with E-state index in [-0.39, 0.29) is 0 Å². The van der Waals surface area contributed by atoms with E-state index in [0.29, 0.717) is 12.1 Å². The molecule has 1 saturated carbocycles. The van der Waals surface area contributed by atoms with E-state index in [1.165, 1.54) is 38.5 Å². The maximum absolute atomic E-state index is 3.74. The summed E-state index contributed by atoms with van der Waals surface area (Å²) in [6, 6.07) is 2.10. The topological polar surface area (TPSA) is 15.3 Å². The number of rotatable bonds is 5. The maximum Gasteiger partial charge on any atom is 0.0249 e. The van der Waals surface area contributed by atoms with Gasteiger partial charge in [-0.2, -0.15) is 0 Å². The predicted molar refractivity (Wildman–Crippen MR) is 81.0 cm³/mol. The van der Waals surface area contributed by atoms with Gasteiger partial charge in [-0.1, -0.05) is 46.5 Å². The molecule has 0 aliphatic heterocycles. The van der Waals surface area contributed by atoms with Crippen LogP contribution in [-0.4, -0.2) is 36.6 Å². The van der Waals surface area contributed by atoms with Crippen LogP contribution in [0.1, 0.15) is 66.2 Å². The van der Waals surface area contributed by atoms with Crippen molar-refractivity contribution in [2.24, 2.45) is 5.92 Å². The van der Waals surface area contributed by atoms with Crippen LogP contribution in [-0.2, 0) is 0 Å². The van der Waals surface area contributed by atoms with Crippen molar-refractivity contribution in [1.29, 1.82) is 0 Å². The van der Waals surface area contributed by atoms with E-state index in [1.807, 2.05) is 0 Å². The average molecular weight is 254 g/mol. The van der Waals surface area contributed by atoms with E-state index in [2.05, 4.69) is 45.0 Å². The van der Waals surface area contributed by atoms with Gasteiger partial charge in [0.15, 0.2) is 0 Å². The third kappa shape index (κ3) is 4.55. The molecule has 2 nitrogen and oxygen atoms in total. The van der Waals surface area contributed by atoms with Crippen molar-refractivity contribution in [3.05, 3.63) is 0 Å². The molecule has 1 aliphatic carbocycles. The average Bonchev–Trinajstić information content (AvgIpc) is 2.31. The normalized spacial score (nSPS) is 28.2. The first kappa shape index (κ1) is 16.0. The third-order valence-corrected chi connectivity index (χ3v) is 4.83. The molecule has 3 unspecified atom stereocenters. The minimum absolute atomic E-state index is 0.676. The summed E-state index contributed by atoms with van der Waals surface area (Å²) in [5.41, 5.74) is 0. The highest BCUT2D eigenvalue weighted by molar-refractivity contribution is 4.87. The Labute approximate surface area is 115 Å². The van der Waals surface area contributed by atoms with Crippen molar-refractivity contribution in [3.8, 4) is 0 Å². The highest BCUT2D eigenvalue weighted by Gasteiger charge is 2.28. The zero-order valence-corrected chi connectivity index (χ0v) is 13.2. The number of hydrogen-bond donors (Lipinski definition) is 1. The van der Waals surface area contributed by atoms with Crippen LogP contribution in [0.15, 0.2) is 0 Å². The first-order chi connectivity index (χ1) is 8.57. The molecule has 3 atom stereocenters. The minimum Gasteiger partial charge on any atom is -0.313 e. The van der Waals surface area contributed by atoms with Crippen LogP contribution in [0, 0.1) is 5.92 Å². The molecule has 108 valence electrons. The summed E-state index contributed by atoms with van der Waals surface area (Å²) in [6.07, 6.45) is 8.38. The Morgan fingerprint density at radius 1 is 1.06 bits per heavy atom. The second-order valence-electron chi connectivity index (χ2n) is 6.37.